The molecule has 4 heteroatoms. The summed E-state index contributed by atoms with van der Waals surface area (Å²) in [5.41, 5.74) is 3.22. The lowest BCUT2D eigenvalue weighted by atomic mass is 10.1. The Kier molecular flexibility index (Phi) is 5.89. The predicted octanol–water partition coefficient (Wildman–Crippen LogP) is 6.62. The molecule has 0 unspecified atom stereocenters. The van der Waals surface area contributed by atoms with Crippen LogP contribution in [0.1, 0.15) is 11.1 Å². The van der Waals surface area contributed by atoms with Crippen molar-refractivity contribution in [3.05, 3.63) is 131 Å². The molecule has 0 N–H and O–H groups in total. The Hall–Kier alpha value is -4.31. The van der Waals surface area contributed by atoms with E-state index in [0.29, 0.717) is 29.9 Å². The molecule has 0 saturated heterocycles. The molecule has 0 radical (unpaired) electrons. The van der Waals surface area contributed by atoms with Gasteiger partial charge in [-0.1, -0.05) is 60.7 Å². The van der Waals surface area contributed by atoms with Crippen LogP contribution < -0.4 is 14.9 Å². The zero-order chi connectivity index (χ0) is 22.5. The lowest BCUT2D eigenvalue weighted by Gasteiger charge is -2.14. The first-order chi connectivity index (χ1) is 16.3. The summed E-state index contributed by atoms with van der Waals surface area (Å²) in [5.74, 6) is 2.00. The molecule has 5 rings (SSSR count). The maximum atomic E-state index is 12.6. The molecule has 0 spiro atoms. The van der Waals surface area contributed by atoms with Crippen molar-refractivity contribution in [1.82, 2.24) is 0 Å². The van der Waals surface area contributed by atoms with Gasteiger partial charge in [-0.2, -0.15) is 0 Å². The van der Waals surface area contributed by atoms with Crippen LogP contribution in [0.3, 0.4) is 0 Å². The van der Waals surface area contributed by atoms with Gasteiger partial charge in [0, 0.05) is 17.2 Å². The van der Waals surface area contributed by atoms with Gasteiger partial charge in [-0.05, 0) is 48.0 Å². The molecule has 0 aliphatic carbocycles. The smallest absolute Gasteiger partial charge is 0.193 e. The van der Waals surface area contributed by atoms with Crippen molar-refractivity contribution in [1.29, 1.82) is 0 Å². The van der Waals surface area contributed by atoms with Crippen LogP contribution in [-0.2, 0) is 13.2 Å². The summed E-state index contributed by atoms with van der Waals surface area (Å²) >= 11 is 0. The van der Waals surface area contributed by atoms with Gasteiger partial charge in [0.25, 0.3) is 0 Å². The Morgan fingerprint density at radius 1 is 0.667 bits per heavy atom. The number of benzene rings is 4. The Bertz CT molecular complexity index is 1420. The third-order valence-electron chi connectivity index (χ3n) is 5.35. The van der Waals surface area contributed by atoms with E-state index >= 15 is 0 Å². The lowest BCUT2D eigenvalue weighted by molar-refractivity contribution is 0.274. The molecule has 4 nitrogen and oxygen atoms in total. The van der Waals surface area contributed by atoms with Gasteiger partial charge in [-0.15, -0.1) is 0 Å². The molecule has 162 valence electrons. The van der Waals surface area contributed by atoms with Crippen molar-refractivity contribution < 1.29 is 13.9 Å². The molecule has 0 bridgehead atoms. The minimum absolute atomic E-state index is 0.0710. The highest BCUT2D eigenvalue weighted by Gasteiger charge is 2.12. The largest absolute Gasteiger partial charge is 0.489 e. The Morgan fingerprint density at radius 3 is 2.21 bits per heavy atom. The van der Waals surface area contributed by atoms with E-state index in [2.05, 4.69) is 0 Å². The molecule has 0 saturated carbocycles. The molecule has 0 aliphatic heterocycles. The second kappa shape index (κ2) is 9.45. The van der Waals surface area contributed by atoms with Gasteiger partial charge in [0.15, 0.2) is 5.43 Å². The second-order valence-corrected chi connectivity index (χ2v) is 7.67. The Morgan fingerprint density at radius 2 is 1.39 bits per heavy atom. The molecule has 0 fully saturated rings. The highest BCUT2D eigenvalue weighted by Crippen LogP contribution is 2.29. The van der Waals surface area contributed by atoms with Gasteiger partial charge in [0.05, 0.1) is 5.39 Å². The molecule has 0 aliphatic rings. The van der Waals surface area contributed by atoms with Crippen molar-refractivity contribution in [3.63, 3.8) is 0 Å². The SMILES string of the molecule is O=c1cc(-c2ccc(OCc3ccccc3)c(COc3ccccc3)c2)oc2ccccc12. The molecule has 33 heavy (non-hydrogen) atoms. The van der Waals surface area contributed by atoms with Gasteiger partial charge in [-0.25, -0.2) is 0 Å². The second-order valence-electron chi connectivity index (χ2n) is 7.67. The number of fused-ring (bicyclic) bond motifs is 1. The first-order valence-corrected chi connectivity index (χ1v) is 10.8. The van der Waals surface area contributed by atoms with Crippen molar-refractivity contribution in [2.75, 3.05) is 0 Å². The summed E-state index contributed by atoms with van der Waals surface area (Å²) < 4.78 is 18.2. The normalized spacial score (nSPS) is 10.8. The molecule has 1 heterocycles. The summed E-state index contributed by atoms with van der Waals surface area (Å²) in [5, 5.41) is 0.566. The van der Waals surface area contributed by atoms with Gasteiger partial charge in [0.1, 0.15) is 36.1 Å². The number of hydrogen-bond donors (Lipinski definition) is 0. The van der Waals surface area contributed by atoms with Crippen molar-refractivity contribution in [2.24, 2.45) is 0 Å². The summed E-state index contributed by atoms with van der Waals surface area (Å²) in [6, 6.07) is 34.2. The maximum Gasteiger partial charge on any atom is 0.193 e. The lowest BCUT2D eigenvalue weighted by Crippen LogP contribution is -2.03. The Labute approximate surface area is 191 Å². The first kappa shape index (κ1) is 20.6. The predicted molar refractivity (Wildman–Crippen MR) is 129 cm³/mol. The van der Waals surface area contributed by atoms with E-state index in [4.69, 9.17) is 13.9 Å². The fraction of sp³-hybridized carbons (Fsp3) is 0.0690. The minimum atomic E-state index is -0.0710. The molecular weight excluding hydrogens is 412 g/mol. The average molecular weight is 434 g/mol. The summed E-state index contributed by atoms with van der Waals surface area (Å²) in [4.78, 5) is 12.6. The fourth-order valence-electron chi connectivity index (χ4n) is 3.65. The molecule has 1 aromatic heterocycles. The van der Waals surface area contributed by atoms with Crippen molar-refractivity contribution in [2.45, 2.75) is 13.2 Å². The zero-order valence-corrected chi connectivity index (χ0v) is 17.9. The molecule has 4 aromatic carbocycles. The van der Waals surface area contributed by atoms with E-state index in [1.807, 2.05) is 91.0 Å². The zero-order valence-electron chi connectivity index (χ0n) is 17.9. The molecule has 0 atom stereocenters. The number of rotatable bonds is 7. The first-order valence-electron chi connectivity index (χ1n) is 10.8. The third-order valence-corrected chi connectivity index (χ3v) is 5.35. The molecule has 5 aromatic rings. The van der Waals surface area contributed by atoms with Crippen LogP contribution in [0.2, 0.25) is 0 Å². The average Bonchev–Trinajstić information content (AvgIpc) is 2.87. The van der Waals surface area contributed by atoms with Crippen LogP contribution >= 0.6 is 0 Å². The van der Waals surface area contributed by atoms with Gasteiger partial charge >= 0.3 is 0 Å². The fourth-order valence-corrected chi connectivity index (χ4v) is 3.65. The van der Waals surface area contributed by atoms with Gasteiger partial charge in [0.2, 0.25) is 0 Å². The summed E-state index contributed by atoms with van der Waals surface area (Å²) in [6.45, 7) is 0.767. The van der Waals surface area contributed by atoms with Gasteiger partial charge in [-0.3, -0.25) is 4.79 Å². The standard InChI is InChI=1S/C29H22O4/c30-26-18-29(33-28-14-8-7-13-25(26)28)22-15-16-27(32-19-21-9-3-1-4-10-21)23(17-22)20-31-24-11-5-2-6-12-24/h1-18H,19-20H2. The maximum absolute atomic E-state index is 12.6. The van der Waals surface area contributed by atoms with Crippen molar-refractivity contribution >= 4 is 11.0 Å². The van der Waals surface area contributed by atoms with E-state index in [1.165, 1.54) is 6.07 Å². The number of ether oxygens (including phenoxy) is 2. The topological polar surface area (TPSA) is 48.7 Å². The van der Waals surface area contributed by atoms with E-state index in [-0.39, 0.29) is 5.43 Å². The minimum Gasteiger partial charge on any atom is -0.489 e. The number of hydrogen-bond acceptors (Lipinski definition) is 4. The summed E-state index contributed by atoms with van der Waals surface area (Å²) in [7, 11) is 0. The van der Waals surface area contributed by atoms with Crippen LogP contribution in [0.5, 0.6) is 11.5 Å². The van der Waals surface area contributed by atoms with Gasteiger partial charge < -0.3 is 13.9 Å². The van der Waals surface area contributed by atoms with E-state index in [0.717, 1.165) is 28.2 Å². The van der Waals surface area contributed by atoms with E-state index in [9.17, 15) is 4.79 Å². The van der Waals surface area contributed by atoms with E-state index in [1.54, 1.807) is 12.1 Å². The van der Waals surface area contributed by atoms with Crippen molar-refractivity contribution in [3.8, 4) is 22.8 Å². The quantitative estimate of drug-likeness (QED) is 0.289. The van der Waals surface area contributed by atoms with Crippen LogP contribution in [0, 0.1) is 0 Å². The number of para-hydroxylation sites is 2. The van der Waals surface area contributed by atoms with Crippen LogP contribution in [0.4, 0.5) is 0 Å². The highest BCUT2D eigenvalue weighted by molar-refractivity contribution is 5.78. The highest BCUT2D eigenvalue weighted by atomic mass is 16.5. The van der Waals surface area contributed by atoms with Crippen LogP contribution in [-0.4, -0.2) is 0 Å². The summed E-state index contributed by atoms with van der Waals surface area (Å²) in [6.07, 6.45) is 0. The molecular formula is C29H22O4. The van der Waals surface area contributed by atoms with Crippen LogP contribution in [0.15, 0.2) is 118 Å². The monoisotopic (exact) mass is 434 g/mol. The van der Waals surface area contributed by atoms with E-state index < -0.39 is 0 Å². The third kappa shape index (κ3) is 4.80. The molecule has 0 amide bonds. The Balaban J connectivity index is 1.48. The van der Waals surface area contributed by atoms with Crippen LogP contribution in [0.25, 0.3) is 22.3 Å².